The third kappa shape index (κ3) is 1.02. The highest BCUT2D eigenvalue weighted by atomic mass is 32.2. The van der Waals surface area contributed by atoms with Crippen molar-refractivity contribution in [2.24, 2.45) is 0 Å². The zero-order chi connectivity index (χ0) is 8.55. The lowest BCUT2D eigenvalue weighted by Gasteiger charge is -1.93. The van der Waals surface area contributed by atoms with Gasteiger partial charge in [0.15, 0.2) is 5.16 Å². The molecule has 12 heavy (non-hydrogen) atoms. The van der Waals surface area contributed by atoms with Gasteiger partial charge < -0.3 is 4.98 Å². The third-order valence-electron chi connectivity index (χ3n) is 1.59. The standard InChI is InChI=1S/C7H7N3OS/c1-12-7-9-4-2-3-8-5(4)6(11)10-7/h2-3,8H,1H3,(H,9,10,11). The van der Waals surface area contributed by atoms with E-state index in [0.717, 1.165) is 0 Å². The molecule has 0 saturated carbocycles. The van der Waals surface area contributed by atoms with E-state index in [2.05, 4.69) is 15.0 Å². The van der Waals surface area contributed by atoms with Crippen molar-refractivity contribution < 1.29 is 0 Å². The zero-order valence-corrected chi connectivity index (χ0v) is 7.23. The van der Waals surface area contributed by atoms with Gasteiger partial charge in [-0.2, -0.15) is 0 Å². The van der Waals surface area contributed by atoms with Gasteiger partial charge in [0, 0.05) is 6.20 Å². The average molecular weight is 181 g/mol. The number of aromatic nitrogens is 3. The predicted molar refractivity (Wildman–Crippen MR) is 48.5 cm³/mol. The molecule has 0 unspecified atom stereocenters. The molecular weight excluding hydrogens is 174 g/mol. The summed E-state index contributed by atoms with van der Waals surface area (Å²) in [5.74, 6) is 0. The van der Waals surface area contributed by atoms with Crippen molar-refractivity contribution in [3.63, 3.8) is 0 Å². The van der Waals surface area contributed by atoms with Crippen LogP contribution >= 0.6 is 11.8 Å². The largest absolute Gasteiger partial charge is 0.355 e. The summed E-state index contributed by atoms with van der Waals surface area (Å²) < 4.78 is 0. The van der Waals surface area contributed by atoms with Gasteiger partial charge in [-0.1, -0.05) is 11.8 Å². The Morgan fingerprint density at radius 3 is 3.17 bits per heavy atom. The first-order valence-electron chi connectivity index (χ1n) is 3.42. The van der Waals surface area contributed by atoms with Crippen molar-refractivity contribution in [1.29, 1.82) is 0 Å². The van der Waals surface area contributed by atoms with E-state index in [4.69, 9.17) is 0 Å². The summed E-state index contributed by atoms with van der Waals surface area (Å²) in [7, 11) is 0. The van der Waals surface area contributed by atoms with Crippen LogP contribution in [0.15, 0.2) is 22.2 Å². The van der Waals surface area contributed by atoms with E-state index < -0.39 is 0 Å². The van der Waals surface area contributed by atoms with E-state index in [1.807, 2.05) is 6.26 Å². The van der Waals surface area contributed by atoms with Gasteiger partial charge in [0.05, 0.1) is 5.52 Å². The average Bonchev–Trinajstić information content (AvgIpc) is 2.52. The fraction of sp³-hybridized carbons (Fsp3) is 0.143. The molecule has 62 valence electrons. The maximum atomic E-state index is 11.3. The Morgan fingerprint density at radius 1 is 1.58 bits per heavy atom. The van der Waals surface area contributed by atoms with Crippen molar-refractivity contribution in [3.05, 3.63) is 22.6 Å². The Kier molecular flexibility index (Phi) is 1.65. The summed E-state index contributed by atoms with van der Waals surface area (Å²) in [6.07, 6.45) is 3.58. The van der Waals surface area contributed by atoms with Crippen LogP contribution in [0.5, 0.6) is 0 Å². The lowest BCUT2D eigenvalue weighted by molar-refractivity contribution is 0.975. The molecule has 2 aromatic rings. The Bertz CT molecular complexity index is 459. The van der Waals surface area contributed by atoms with Gasteiger partial charge in [-0.3, -0.25) is 9.78 Å². The summed E-state index contributed by atoms with van der Waals surface area (Å²) >= 11 is 1.42. The number of thioether (sulfide) groups is 1. The summed E-state index contributed by atoms with van der Waals surface area (Å²) in [4.78, 5) is 20.9. The second-order valence-corrected chi connectivity index (χ2v) is 3.11. The van der Waals surface area contributed by atoms with Gasteiger partial charge >= 0.3 is 0 Å². The number of nitrogens with one attached hydrogen (secondary N) is 2. The van der Waals surface area contributed by atoms with Crippen LogP contribution in [0, 0.1) is 0 Å². The van der Waals surface area contributed by atoms with Crippen molar-refractivity contribution in [1.82, 2.24) is 15.0 Å². The van der Waals surface area contributed by atoms with E-state index >= 15 is 0 Å². The van der Waals surface area contributed by atoms with Crippen molar-refractivity contribution in [2.75, 3.05) is 6.26 Å². The highest BCUT2D eigenvalue weighted by Gasteiger charge is 2.02. The molecule has 0 aromatic carbocycles. The Hall–Kier alpha value is -1.23. The molecule has 0 aliphatic rings. The number of hydrogen-bond donors (Lipinski definition) is 2. The van der Waals surface area contributed by atoms with Gasteiger partial charge in [-0.05, 0) is 12.3 Å². The van der Waals surface area contributed by atoms with E-state index in [1.165, 1.54) is 11.8 Å². The van der Waals surface area contributed by atoms with Crippen LogP contribution in [0.1, 0.15) is 0 Å². The minimum atomic E-state index is -0.116. The minimum Gasteiger partial charge on any atom is -0.355 e. The minimum absolute atomic E-state index is 0.116. The molecule has 0 aliphatic heterocycles. The Balaban J connectivity index is 2.84. The molecule has 4 nitrogen and oxygen atoms in total. The van der Waals surface area contributed by atoms with Gasteiger partial charge in [0.1, 0.15) is 5.52 Å². The normalized spacial score (nSPS) is 10.8. The molecule has 5 heteroatoms. The molecule has 0 fully saturated rings. The van der Waals surface area contributed by atoms with Crippen LogP contribution < -0.4 is 5.56 Å². The van der Waals surface area contributed by atoms with Crippen LogP contribution in [-0.2, 0) is 0 Å². The number of hydrogen-bond acceptors (Lipinski definition) is 3. The molecule has 0 atom stereocenters. The predicted octanol–water partition coefficient (Wildman–Crippen LogP) is 0.973. The molecule has 0 saturated heterocycles. The number of nitrogens with zero attached hydrogens (tertiary/aromatic N) is 1. The van der Waals surface area contributed by atoms with Gasteiger partial charge in [0.25, 0.3) is 5.56 Å². The van der Waals surface area contributed by atoms with E-state index in [-0.39, 0.29) is 5.56 Å². The second-order valence-electron chi connectivity index (χ2n) is 2.31. The topological polar surface area (TPSA) is 61.5 Å². The second kappa shape index (κ2) is 2.67. The van der Waals surface area contributed by atoms with Crippen LogP contribution in [0.25, 0.3) is 11.0 Å². The summed E-state index contributed by atoms with van der Waals surface area (Å²) in [5.41, 5.74) is 1.13. The van der Waals surface area contributed by atoms with Gasteiger partial charge in [-0.25, -0.2) is 4.98 Å². The molecular formula is C7H7N3OS. The Labute approximate surface area is 72.4 Å². The summed E-state index contributed by atoms with van der Waals surface area (Å²) in [6, 6.07) is 1.78. The van der Waals surface area contributed by atoms with Gasteiger partial charge in [-0.15, -0.1) is 0 Å². The maximum absolute atomic E-state index is 11.3. The maximum Gasteiger partial charge on any atom is 0.275 e. The first-order chi connectivity index (χ1) is 5.81. The SMILES string of the molecule is CSc1nc2cc[nH]c2c(=O)[nH]1. The molecule has 0 bridgehead atoms. The van der Waals surface area contributed by atoms with Crippen LogP contribution in [-0.4, -0.2) is 21.2 Å². The summed E-state index contributed by atoms with van der Waals surface area (Å²) in [6.45, 7) is 0. The first-order valence-corrected chi connectivity index (χ1v) is 4.65. The number of aromatic amines is 2. The number of fused-ring (bicyclic) bond motifs is 1. The molecule has 0 amide bonds. The number of H-pyrrole nitrogens is 2. The molecule has 2 heterocycles. The van der Waals surface area contributed by atoms with Crippen molar-refractivity contribution in [3.8, 4) is 0 Å². The van der Waals surface area contributed by atoms with E-state index in [1.54, 1.807) is 12.3 Å². The van der Waals surface area contributed by atoms with Crippen LogP contribution in [0.2, 0.25) is 0 Å². The van der Waals surface area contributed by atoms with Crippen LogP contribution in [0.4, 0.5) is 0 Å². The van der Waals surface area contributed by atoms with E-state index in [0.29, 0.717) is 16.2 Å². The van der Waals surface area contributed by atoms with Crippen molar-refractivity contribution >= 4 is 22.8 Å². The fourth-order valence-corrected chi connectivity index (χ4v) is 1.41. The smallest absolute Gasteiger partial charge is 0.275 e. The fourth-order valence-electron chi connectivity index (χ4n) is 1.03. The van der Waals surface area contributed by atoms with Crippen molar-refractivity contribution in [2.45, 2.75) is 5.16 Å². The lowest BCUT2D eigenvalue weighted by Crippen LogP contribution is -2.08. The molecule has 2 aromatic heterocycles. The molecule has 0 aliphatic carbocycles. The highest BCUT2D eigenvalue weighted by Crippen LogP contribution is 2.09. The Morgan fingerprint density at radius 2 is 2.42 bits per heavy atom. The first kappa shape index (κ1) is 7.42. The zero-order valence-electron chi connectivity index (χ0n) is 6.42. The molecule has 2 rings (SSSR count). The number of rotatable bonds is 1. The molecule has 0 radical (unpaired) electrons. The molecule has 0 spiro atoms. The highest BCUT2D eigenvalue weighted by molar-refractivity contribution is 7.98. The third-order valence-corrected chi connectivity index (χ3v) is 2.17. The lowest BCUT2D eigenvalue weighted by atomic mass is 10.5. The molecule has 2 N–H and O–H groups in total. The van der Waals surface area contributed by atoms with Gasteiger partial charge in [0.2, 0.25) is 0 Å². The summed E-state index contributed by atoms with van der Waals surface area (Å²) in [5, 5.41) is 0.645. The quantitative estimate of drug-likeness (QED) is 0.509. The van der Waals surface area contributed by atoms with E-state index in [9.17, 15) is 4.79 Å². The van der Waals surface area contributed by atoms with Crippen LogP contribution in [0.3, 0.4) is 0 Å². The monoisotopic (exact) mass is 181 g/mol.